The highest BCUT2D eigenvalue weighted by molar-refractivity contribution is 6.01. The normalized spacial score (nSPS) is 12.5. The van der Waals surface area contributed by atoms with Gasteiger partial charge in [0.15, 0.2) is 11.6 Å². The van der Waals surface area contributed by atoms with E-state index >= 15 is 0 Å². The molecule has 12 heteroatoms. The molecule has 3 aromatic heterocycles. The Morgan fingerprint density at radius 3 is 2.69 bits per heavy atom. The first-order valence-corrected chi connectivity index (χ1v) is 10.5. The summed E-state index contributed by atoms with van der Waals surface area (Å²) in [4.78, 5) is 12.4. The van der Waals surface area contributed by atoms with Gasteiger partial charge in [-0.1, -0.05) is 6.92 Å². The van der Waals surface area contributed by atoms with E-state index in [2.05, 4.69) is 25.4 Å². The maximum absolute atomic E-state index is 14.1. The number of halogens is 3. The van der Waals surface area contributed by atoms with Crippen LogP contribution in [0.2, 0.25) is 0 Å². The van der Waals surface area contributed by atoms with E-state index < -0.39 is 23.5 Å². The minimum atomic E-state index is -1.01. The van der Waals surface area contributed by atoms with Crippen LogP contribution in [0.5, 0.6) is 5.88 Å². The zero-order chi connectivity index (χ0) is 25.1. The van der Waals surface area contributed by atoms with Crippen LogP contribution in [0, 0.1) is 23.0 Å². The lowest BCUT2D eigenvalue weighted by Crippen LogP contribution is -2.11. The van der Waals surface area contributed by atoms with Gasteiger partial charge in [-0.05, 0) is 24.6 Å². The first-order chi connectivity index (χ1) is 16.9. The SMILES string of the molecule is CCC(/C(=C/Nc1ccc(F)c(F)c1)N=N)n1cc(-c2cc(F)cnc2OC)c2c(N)ncnc21. The van der Waals surface area contributed by atoms with Gasteiger partial charge in [0.05, 0.1) is 24.7 Å². The van der Waals surface area contributed by atoms with E-state index in [-0.39, 0.29) is 23.1 Å². The zero-order valence-electron chi connectivity index (χ0n) is 18.8. The maximum atomic E-state index is 14.1. The number of nitrogens with one attached hydrogen (secondary N) is 2. The van der Waals surface area contributed by atoms with Crippen LogP contribution in [0.3, 0.4) is 0 Å². The molecule has 1 unspecified atom stereocenters. The van der Waals surface area contributed by atoms with Crippen LogP contribution in [-0.2, 0) is 0 Å². The van der Waals surface area contributed by atoms with E-state index in [1.54, 1.807) is 10.8 Å². The predicted octanol–water partition coefficient (Wildman–Crippen LogP) is 5.44. The number of ether oxygens (including phenoxy) is 1. The van der Waals surface area contributed by atoms with E-state index in [9.17, 15) is 13.2 Å². The van der Waals surface area contributed by atoms with Crippen molar-refractivity contribution < 1.29 is 17.9 Å². The Labute approximate surface area is 198 Å². The van der Waals surface area contributed by atoms with Crippen LogP contribution in [0.4, 0.5) is 24.7 Å². The number of nitrogens with two attached hydrogens (primary N) is 1. The monoisotopic (exact) mass is 482 g/mol. The van der Waals surface area contributed by atoms with Crippen molar-refractivity contribution in [1.82, 2.24) is 19.5 Å². The Hall–Kier alpha value is -4.48. The van der Waals surface area contributed by atoms with Crippen molar-refractivity contribution >= 4 is 22.5 Å². The Balaban J connectivity index is 1.85. The summed E-state index contributed by atoms with van der Waals surface area (Å²) in [6.45, 7) is 1.88. The average molecular weight is 482 g/mol. The second-order valence-electron chi connectivity index (χ2n) is 7.50. The van der Waals surface area contributed by atoms with Gasteiger partial charge >= 0.3 is 0 Å². The van der Waals surface area contributed by atoms with Crippen molar-refractivity contribution in [1.29, 1.82) is 5.53 Å². The third-order valence-electron chi connectivity index (χ3n) is 5.44. The first-order valence-electron chi connectivity index (χ1n) is 10.5. The minimum Gasteiger partial charge on any atom is -0.481 e. The van der Waals surface area contributed by atoms with Crippen LogP contribution < -0.4 is 15.8 Å². The smallest absolute Gasteiger partial charge is 0.221 e. The molecule has 0 bridgehead atoms. The van der Waals surface area contributed by atoms with E-state index in [0.717, 1.165) is 18.3 Å². The highest BCUT2D eigenvalue weighted by Gasteiger charge is 2.24. The van der Waals surface area contributed by atoms with Crippen LogP contribution in [0.25, 0.3) is 22.2 Å². The van der Waals surface area contributed by atoms with Gasteiger partial charge in [0.25, 0.3) is 0 Å². The molecule has 1 atom stereocenters. The number of pyridine rings is 1. The molecule has 0 saturated heterocycles. The molecule has 0 saturated carbocycles. The van der Waals surface area contributed by atoms with Crippen molar-refractivity contribution in [2.45, 2.75) is 19.4 Å². The molecular weight excluding hydrogens is 461 g/mol. The lowest BCUT2D eigenvalue weighted by Gasteiger charge is -2.18. The number of allylic oxidation sites excluding steroid dienone is 1. The van der Waals surface area contributed by atoms with Gasteiger partial charge in [0.2, 0.25) is 5.88 Å². The summed E-state index contributed by atoms with van der Waals surface area (Å²) in [5.74, 6) is -2.20. The number of benzene rings is 1. The topological polar surface area (TPSA) is 127 Å². The molecule has 0 aliphatic carbocycles. The van der Waals surface area contributed by atoms with Crippen LogP contribution in [0.15, 0.2) is 60.0 Å². The van der Waals surface area contributed by atoms with E-state index in [0.29, 0.717) is 28.6 Å². The number of anilines is 2. The molecule has 9 nitrogen and oxygen atoms in total. The highest BCUT2D eigenvalue weighted by atomic mass is 19.2. The maximum Gasteiger partial charge on any atom is 0.221 e. The van der Waals surface area contributed by atoms with E-state index in [1.807, 2.05) is 6.92 Å². The number of methoxy groups -OCH3 is 1. The Kier molecular flexibility index (Phi) is 6.62. The average Bonchev–Trinajstić information content (AvgIpc) is 3.24. The molecule has 3 heterocycles. The van der Waals surface area contributed by atoms with Crippen LogP contribution in [0.1, 0.15) is 19.4 Å². The fraction of sp³-hybridized carbons (Fsp3) is 0.174. The number of nitrogens with zero attached hydrogens (tertiary/aromatic N) is 5. The molecule has 0 fully saturated rings. The standard InChI is InChI=1S/C23H21F3N8O/c1-3-19(18(33-28)9-29-13-4-5-16(25)17(26)7-13)34-10-15(20-21(27)31-11-32-22(20)34)14-6-12(24)8-30-23(14)35-2/h4-11,19,28-29H,3H2,1-2H3,(H2,27,31,32)/b18-9-,33-28?. The number of aromatic nitrogens is 4. The summed E-state index contributed by atoms with van der Waals surface area (Å²) in [5.41, 5.74) is 15.7. The van der Waals surface area contributed by atoms with E-state index in [4.69, 9.17) is 16.0 Å². The van der Waals surface area contributed by atoms with Gasteiger partial charge in [0, 0.05) is 35.3 Å². The molecule has 0 amide bonds. The largest absolute Gasteiger partial charge is 0.481 e. The number of rotatable bonds is 8. The third-order valence-corrected chi connectivity index (χ3v) is 5.44. The van der Waals surface area contributed by atoms with Crippen LogP contribution in [-0.4, -0.2) is 26.6 Å². The van der Waals surface area contributed by atoms with Gasteiger partial charge in [-0.3, -0.25) is 0 Å². The van der Waals surface area contributed by atoms with Crippen molar-refractivity contribution in [3.8, 4) is 17.0 Å². The number of fused-ring (bicyclic) bond motifs is 1. The molecule has 4 N–H and O–H groups in total. The summed E-state index contributed by atoms with van der Waals surface area (Å²) in [7, 11) is 1.42. The molecule has 35 heavy (non-hydrogen) atoms. The van der Waals surface area contributed by atoms with Gasteiger partial charge in [0.1, 0.15) is 29.3 Å². The van der Waals surface area contributed by atoms with Gasteiger partial charge in [-0.25, -0.2) is 33.7 Å². The van der Waals surface area contributed by atoms with Crippen molar-refractivity contribution in [2.24, 2.45) is 5.11 Å². The van der Waals surface area contributed by atoms with Crippen molar-refractivity contribution in [3.05, 3.63) is 72.3 Å². The van der Waals surface area contributed by atoms with Gasteiger partial charge in [-0.15, -0.1) is 0 Å². The summed E-state index contributed by atoms with van der Waals surface area (Å²) < 4.78 is 48.0. The molecule has 4 rings (SSSR count). The first kappa shape index (κ1) is 23.7. The number of nitrogen functional groups attached to an aromatic ring is 1. The highest BCUT2D eigenvalue weighted by Crippen LogP contribution is 2.39. The molecule has 0 aliphatic rings. The third kappa shape index (κ3) is 4.50. The van der Waals surface area contributed by atoms with Crippen LogP contribution >= 0.6 is 0 Å². The molecule has 0 aliphatic heterocycles. The lowest BCUT2D eigenvalue weighted by atomic mass is 10.1. The van der Waals surface area contributed by atoms with E-state index in [1.165, 1.54) is 31.8 Å². The molecule has 0 radical (unpaired) electrons. The molecule has 4 aromatic rings. The van der Waals surface area contributed by atoms with Crippen molar-refractivity contribution in [3.63, 3.8) is 0 Å². The Morgan fingerprint density at radius 1 is 1.20 bits per heavy atom. The van der Waals surface area contributed by atoms with Gasteiger partial charge < -0.3 is 20.4 Å². The fourth-order valence-corrected chi connectivity index (χ4v) is 3.83. The summed E-state index contributed by atoms with van der Waals surface area (Å²) >= 11 is 0. The molecule has 0 spiro atoms. The Morgan fingerprint density at radius 2 is 2.00 bits per heavy atom. The summed E-state index contributed by atoms with van der Waals surface area (Å²) in [5, 5.41) is 6.93. The summed E-state index contributed by atoms with van der Waals surface area (Å²) in [6, 6.07) is 4.09. The zero-order valence-corrected chi connectivity index (χ0v) is 18.8. The molecule has 180 valence electrons. The molecule has 1 aromatic carbocycles. The lowest BCUT2D eigenvalue weighted by molar-refractivity contribution is 0.397. The minimum absolute atomic E-state index is 0.165. The van der Waals surface area contributed by atoms with Crippen molar-refractivity contribution in [2.75, 3.05) is 18.2 Å². The number of hydrogen-bond donors (Lipinski definition) is 3. The fourth-order valence-electron chi connectivity index (χ4n) is 3.83. The molecular formula is C23H21F3N8O. The Bertz CT molecular complexity index is 1440. The second-order valence-corrected chi connectivity index (χ2v) is 7.50. The quantitative estimate of drug-likeness (QED) is 0.287. The number of hydrogen-bond acceptors (Lipinski definition) is 8. The summed E-state index contributed by atoms with van der Waals surface area (Å²) in [6.07, 6.45) is 5.93. The van der Waals surface area contributed by atoms with Gasteiger partial charge in [-0.2, -0.15) is 5.11 Å². The second kappa shape index (κ2) is 9.79. The predicted molar refractivity (Wildman–Crippen MR) is 124 cm³/mol.